The minimum atomic E-state index is -0.763. The highest BCUT2D eigenvalue weighted by Crippen LogP contribution is 2.31. The number of urea groups is 1. The molecule has 0 aliphatic heterocycles. The SMILES string of the molecule is CC(C)c1csc(NC(=O)NCC2CCCC2C(=O)O)n1. The quantitative estimate of drug-likeness (QED) is 0.779. The number of anilines is 1. The van der Waals surface area contributed by atoms with Gasteiger partial charge in [0, 0.05) is 11.9 Å². The molecule has 2 rings (SSSR count). The van der Waals surface area contributed by atoms with Crippen LogP contribution in [0.2, 0.25) is 0 Å². The van der Waals surface area contributed by atoms with Crippen molar-refractivity contribution in [2.75, 3.05) is 11.9 Å². The van der Waals surface area contributed by atoms with Gasteiger partial charge in [0.25, 0.3) is 0 Å². The van der Waals surface area contributed by atoms with Gasteiger partial charge in [0.05, 0.1) is 11.6 Å². The highest BCUT2D eigenvalue weighted by Gasteiger charge is 2.32. The third-order valence-corrected chi connectivity index (χ3v) is 4.61. The van der Waals surface area contributed by atoms with Crippen molar-refractivity contribution in [1.29, 1.82) is 0 Å². The first-order valence-corrected chi connectivity index (χ1v) is 8.08. The van der Waals surface area contributed by atoms with Gasteiger partial charge >= 0.3 is 12.0 Å². The Hall–Kier alpha value is -1.63. The second-order valence-electron chi connectivity index (χ2n) is 5.70. The third-order valence-electron chi connectivity index (χ3n) is 3.84. The normalized spacial score (nSPS) is 21.5. The summed E-state index contributed by atoms with van der Waals surface area (Å²) in [5.74, 6) is -0.746. The number of thiazole rings is 1. The van der Waals surface area contributed by atoms with Crippen LogP contribution < -0.4 is 10.6 Å². The Kier molecular flexibility index (Phi) is 5.17. The summed E-state index contributed by atoms with van der Waals surface area (Å²) in [5.41, 5.74) is 0.956. The molecule has 0 aromatic carbocycles. The first-order chi connectivity index (χ1) is 9.97. The lowest BCUT2D eigenvalue weighted by molar-refractivity contribution is -0.142. The molecule has 1 heterocycles. The lowest BCUT2D eigenvalue weighted by Crippen LogP contribution is -2.35. The largest absolute Gasteiger partial charge is 0.481 e. The van der Waals surface area contributed by atoms with E-state index in [2.05, 4.69) is 15.6 Å². The van der Waals surface area contributed by atoms with Gasteiger partial charge in [0.1, 0.15) is 0 Å². The van der Waals surface area contributed by atoms with Crippen LogP contribution in [0.5, 0.6) is 0 Å². The minimum Gasteiger partial charge on any atom is -0.481 e. The first kappa shape index (κ1) is 15.8. The van der Waals surface area contributed by atoms with Crippen molar-refractivity contribution in [3.05, 3.63) is 11.1 Å². The Morgan fingerprint density at radius 2 is 2.24 bits per heavy atom. The maximum atomic E-state index is 11.8. The van der Waals surface area contributed by atoms with Crippen molar-refractivity contribution in [2.24, 2.45) is 11.8 Å². The summed E-state index contributed by atoms with van der Waals surface area (Å²) in [5, 5.41) is 17.0. The number of rotatable bonds is 5. The van der Waals surface area contributed by atoms with Crippen LogP contribution in [-0.4, -0.2) is 28.6 Å². The summed E-state index contributed by atoms with van der Waals surface area (Å²) in [6.07, 6.45) is 2.47. The summed E-state index contributed by atoms with van der Waals surface area (Å²) in [7, 11) is 0. The molecule has 2 atom stereocenters. The molecule has 0 saturated heterocycles. The molecule has 0 spiro atoms. The molecule has 1 aromatic heterocycles. The highest BCUT2D eigenvalue weighted by molar-refractivity contribution is 7.13. The molecule has 21 heavy (non-hydrogen) atoms. The molecule has 0 radical (unpaired) electrons. The van der Waals surface area contributed by atoms with Crippen molar-refractivity contribution in [2.45, 2.75) is 39.0 Å². The molecule has 6 nitrogen and oxygen atoms in total. The van der Waals surface area contributed by atoms with Gasteiger partial charge in [-0.15, -0.1) is 11.3 Å². The van der Waals surface area contributed by atoms with Gasteiger partial charge in [-0.05, 0) is 24.7 Å². The molecule has 1 aliphatic rings. The number of carboxylic acid groups (broad SMARTS) is 1. The van der Waals surface area contributed by atoms with E-state index in [-0.39, 0.29) is 17.9 Å². The lowest BCUT2D eigenvalue weighted by Gasteiger charge is -2.16. The predicted molar refractivity (Wildman–Crippen MR) is 81.7 cm³/mol. The first-order valence-electron chi connectivity index (χ1n) is 7.20. The molecular weight excluding hydrogens is 290 g/mol. The molecule has 1 saturated carbocycles. The predicted octanol–water partition coefficient (Wildman–Crippen LogP) is 2.89. The van der Waals surface area contributed by atoms with E-state index in [1.807, 2.05) is 19.2 Å². The van der Waals surface area contributed by atoms with Crippen LogP contribution in [0.3, 0.4) is 0 Å². The van der Waals surface area contributed by atoms with Gasteiger partial charge in [-0.1, -0.05) is 20.3 Å². The lowest BCUT2D eigenvalue weighted by atomic mass is 9.96. The van der Waals surface area contributed by atoms with Gasteiger partial charge in [0.2, 0.25) is 0 Å². The van der Waals surface area contributed by atoms with E-state index in [1.165, 1.54) is 11.3 Å². The maximum Gasteiger partial charge on any atom is 0.321 e. The van der Waals surface area contributed by atoms with Gasteiger partial charge in [-0.3, -0.25) is 10.1 Å². The summed E-state index contributed by atoms with van der Waals surface area (Å²) < 4.78 is 0. The summed E-state index contributed by atoms with van der Waals surface area (Å²) in [6.45, 7) is 4.49. The highest BCUT2D eigenvalue weighted by atomic mass is 32.1. The van der Waals surface area contributed by atoms with E-state index >= 15 is 0 Å². The Bertz CT molecular complexity index is 515. The van der Waals surface area contributed by atoms with Gasteiger partial charge in [0.15, 0.2) is 5.13 Å². The number of nitrogens with zero attached hydrogens (tertiary/aromatic N) is 1. The number of aromatic nitrogens is 1. The van der Waals surface area contributed by atoms with E-state index in [4.69, 9.17) is 5.11 Å². The molecule has 7 heteroatoms. The zero-order chi connectivity index (χ0) is 15.4. The van der Waals surface area contributed by atoms with Crippen LogP contribution in [0.15, 0.2) is 5.38 Å². The van der Waals surface area contributed by atoms with Gasteiger partial charge in [-0.2, -0.15) is 0 Å². The van der Waals surface area contributed by atoms with E-state index in [0.717, 1.165) is 18.5 Å². The fourth-order valence-electron chi connectivity index (χ4n) is 2.58. The molecule has 1 aliphatic carbocycles. The molecular formula is C14H21N3O3S. The number of amides is 2. The number of carboxylic acids is 1. The Morgan fingerprint density at radius 1 is 1.48 bits per heavy atom. The number of carbonyl (C=O) groups excluding carboxylic acids is 1. The van der Waals surface area contributed by atoms with Crippen molar-refractivity contribution in [3.8, 4) is 0 Å². The number of aliphatic carboxylic acids is 1. The minimum absolute atomic E-state index is 0.0239. The number of carbonyl (C=O) groups is 2. The van der Waals surface area contributed by atoms with Crippen LogP contribution in [0, 0.1) is 11.8 Å². The van der Waals surface area contributed by atoms with Gasteiger partial charge < -0.3 is 10.4 Å². The molecule has 2 amide bonds. The molecule has 116 valence electrons. The molecule has 3 N–H and O–H groups in total. The number of hydrogen-bond donors (Lipinski definition) is 3. The van der Waals surface area contributed by atoms with Crippen molar-refractivity contribution in [1.82, 2.24) is 10.3 Å². The zero-order valence-electron chi connectivity index (χ0n) is 12.3. The summed E-state index contributed by atoms with van der Waals surface area (Å²) in [4.78, 5) is 27.2. The van der Waals surface area contributed by atoms with Gasteiger partial charge in [-0.25, -0.2) is 9.78 Å². The standard InChI is InChI=1S/C14H21N3O3S/c1-8(2)11-7-21-14(16-11)17-13(20)15-6-9-4-3-5-10(9)12(18)19/h7-10H,3-6H2,1-2H3,(H,18,19)(H2,15,16,17,20). The average molecular weight is 311 g/mol. The number of hydrogen-bond acceptors (Lipinski definition) is 4. The van der Waals surface area contributed by atoms with E-state index in [9.17, 15) is 9.59 Å². The Balaban J connectivity index is 1.80. The van der Waals surface area contributed by atoms with Crippen molar-refractivity contribution < 1.29 is 14.7 Å². The van der Waals surface area contributed by atoms with Crippen LogP contribution in [-0.2, 0) is 4.79 Å². The average Bonchev–Trinajstić information content (AvgIpc) is 3.04. The van der Waals surface area contributed by atoms with Crippen molar-refractivity contribution >= 4 is 28.5 Å². The molecule has 1 aromatic rings. The van der Waals surface area contributed by atoms with E-state index < -0.39 is 5.97 Å². The third kappa shape index (κ3) is 4.17. The Labute approximate surface area is 128 Å². The monoisotopic (exact) mass is 311 g/mol. The molecule has 1 fully saturated rings. The van der Waals surface area contributed by atoms with Crippen LogP contribution in [0.1, 0.15) is 44.7 Å². The molecule has 0 bridgehead atoms. The van der Waals surface area contributed by atoms with E-state index in [1.54, 1.807) is 0 Å². The Morgan fingerprint density at radius 3 is 2.86 bits per heavy atom. The van der Waals surface area contributed by atoms with Crippen LogP contribution >= 0.6 is 11.3 Å². The zero-order valence-corrected chi connectivity index (χ0v) is 13.1. The fraction of sp³-hybridized carbons (Fsp3) is 0.643. The second-order valence-corrected chi connectivity index (χ2v) is 6.56. The molecule has 2 unspecified atom stereocenters. The maximum absolute atomic E-state index is 11.8. The van der Waals surface area contributed by atoms with Crippen LogP contribution in [0.25, 0.3) is 0 Å². The summed E-state index contributed by atoms with van der Waals surface area (Å²) >= 11 is 1.39. The van der Waals surface area contributed by atoms with Crippen LogP contribution in [0.4, 0.5) is 9.93 Å². The topological polar surface area (TPSA) is 91.3 Å². The smallest absolute Gasteiger partial charge is 0.321 e. The summed E-state index contributed by atoms with van der Waals surface area (Å²) in [6, 6.07) is -0.323. The second kappa shape index (κ2) is 6.89. The fourth-order valence-corrected chi connectivity index (χ4v) is 3.45. The number of nitrogens with one attached hydrogen (secondary N) is 2. The van der Waals surface area contributed by atoms with Crippen molar-refractivity contribution in [3.63, 3.8) is 0 Å². The van der Waals surface area contributed by atoms with E-state index in [0.29, 0.717) is 24.0 Å².